The minimum absolute atomic E-state index is 1.25. The van der Waals surface area contributed by atoms with Crippen molar-refractivity contribution in [2.75, 3.05) is 0 Å². The third-order valence-corrected chi connectivity index (χ3v) is 1.33. The first-order valence-corrected chi connectivity index (χ1v) is 5.41. The first kappa shape index (κ1) is 13.4. The average Bonchev–Trinajstić information content (AvgIpc) is 2.35. The van der Waals surface area contributed by atoms with E-state index in [-0.39, 0.29) is 0 Å². The van der Waals surface area contributed by atoms with Gasteiger partial charge in [0.2, 0.25) is 0 Å². The lowest BCUT2D eigenvalue weighted by atomic mass is 10.4. The van der Waals surface area contributed by atoms with Crippen LogP contribution in [-0.2, 0) is 0 Å². The predicted molar refractivity (Wildman–Crippen MR) is 68.8 cm³/mol. The van der Waals surface area contributed by atoms with E-state index in [0.717, 1.165) is 0 Å². The third-order valence-electron chi connectivity index (χ3n) is 1.33. The molecule has 0 unspecified atom stereocenters. The summed E-state index contributed by atoms with van der Waals surface area (Å²) < 4.78 is 0. The summed E-state index contributed by atoms with van der Waals surface area (Å²) >= 11 is 0. The topological polar surface area (TPSA) is 0 Å². The van der Waals surface area contributed by atoms with E-state index in [4.69, 9.17) is 0 Å². The molecule has 2 aromatic carbocycles. The molecule has 0 radical (unpaired) electrons. The molecule has 0 saturated heterocycles. The van der Waals surface area contributed by atoms with Gasteiger partial charge < -0.3 is 0 Å². The first-order chi connectivity index (χ1) is 7.41. The van der Waals surface area contributed by atoms with E-state index in [1.54, 1.807) is 0 Å². The second kappa shape index (κ2) is 12.4. The Balaban J connectivity index is 0.000000210. The fraction of sp³-hybridized carbons (Fsp3) is 0.200. The maximum atomic E-state index is 2.12. The molecule has 0 N–H and O–H groups in total. The number of benzene rings is 2. The lowest BCUT2D eigenvalue weighted by molar-refractivity contribution is 1.09. The highest BCUT2D eigenvalue weighted by Crippen LogP contribution is 1.80. The van der Waals surface area contributed by atoms with Gasteiger partial charge in [-0.05, 0) is 0 Å². The molecule has 80 valence electrons. The van der Waals surface area contributed by atoms with Gasteiger partial charge in [0.15, 0.2) is 0 Å². The van der Waals surface area contributed by atoms with E-state index < -0.39 is 0 Å². The summed E-state index contributed by atoms with van der Waals surface area (Å²) in [6, 6.07) is 24.0. The zero-order chi connectivity index (χ0) is 11.2. The normalized spacial score (nSPS) is 7.60. The second-order valence-electron chi connectivity index (χ2n) is 3.02. The Morgan fingerprint density at radius 2 is 0.467 bits per heavy atom. The molecular formula is C15H20. The summed E-state index contributed by atoms with van der Waals surface area (Å²) in [5, 5.41) is 0. The van der Waals surface area contributed by atoms with Gasteiger partial charge in [-0.3, -0.25) is 0 Å². The van der Waals surface area contributed by atoms with Crippen LogP contribution in [-0.4, -0.2) is 0 Å². The van der Waals surface area contributed by atoms with Gasteiger partial charge in [0.25, 0.3) is 0 Å². The molecule has 0 aromatic heterocycles. The zero-order valence-corrected chi connectivity index (χ0v) is 9.64. The summed E-state index contributed by atoms with van der Waals surface area (Å²) in [6.07, 6.45) is 1.25. The molecule has 0 spiro atoms. The molecular weight excluding hydrogens is 180 g/mol. The lowest BCUT2D eigenvalue weighted by Gasteiger charge is -1.69. The summed E-state index contributed by atoms with van der Waals surface area (Å²) in [6.45, 7) is 4.25. The minimum Gasteiger partial charge on any atom is -0.0656 e. The van der Waals surface area contributed by atoms with Crippen LogP contribution in [0.2, 0.25) is 0 Å². The van der Waals surface area contributed by atoms with Crippen LogP contribution in [0.5, 0.6) is 0 Å². The molecule has 2 aromatic rings. The number of hydrogen-bond donors (Lipinski definition) is 0. The van der Waals surface area contributed by atoms with Crippen LogP contribution in [0.4, 0.5) is 0 Å². The summed E-state index contributed by atoms with van der Waals surface area (Å²) in [4.78, 5) is 0. The molecule has 0 aliphatic rings. The number of hydrogen-bond acceptors (Lipinski definition) is 0. The van der Waals surface area contributed by atoms with Crippen molar-refractivity contribution in [1.29, 1.82) is 0 Å². The lowest BCUT2D eigenvalue weighted by Crippen LogP contribution is -1.47. The van der Waals surface area contributed by atoms with Gasteiger partial charge in [-0.1, -0.05) is 93.1 Å². The van der Waals surface area contributed by atoms with E-state index in [1.165, 1.54) is 6.42 Å². The van der Waals surface area contributed by atoms with Crippen LogP contribution in [0, 0.1) is 0 Å². The van der Waals surface area contributed by atoms with Gasteiger partial charge in [0.1, 0.15) is 0 Å². The van der Waals surface area contributed by atoms with Gasteiger partial charge in [0.05, 0.1) is 0 Å². The highest BCUT2D eigenvalue weighted by Gasteiger charge is 1.58. The zero-order valence-electron chi connectivity index (χ0n) is 9.64. The van der Waals surface area contributed by atoms with E-state index in [9.17, 15) is 0 Å². The monoisotopic (exact) mass is 200 g/mol. The molecule has 0 nitrogen and oxygen atoms in total. The first-order valence-electron chi connectivity index (χ1n) is 5.41. The number of rotatable bonds is 0. The molecule has 0 amide bonds. The SMILES string of the molecule is CCC.c1ccccc1.c1ccccc1. The standard InChI is InChI=1S/2C6H6.C3H8/c2*1-2-4-6-5-3-1;1-3-2/h2*1-6H;3H2,1-2H3. The molecule has 0 saturated carbocycles. The second-order valence-corrected chi connectivity index (χ2v) is 3.02. The van der Waals surface area contributed by atoms with Crippen molar-refractivity contribution < 1.29 is 0 Å². The van der Waals surface area contributed by atoms with Crippen molar-refractivity contribution >= 4 is 0 Å². The van der Waals surface area contributed by atoms with E-state index in [2.05, 4.69) is 13.8 Å². The molecule has 0 heteroatoms. The Hall–Kier alpha value is -1.56. The highest BCUT2D eigenvalue weighted by atomic mass is 13.7. The van der Waals surface area contributed by atoms with E-state index >= 15 is 0 Å². The van der Waals surface area contributed by atoms with Crippen molar-refractivity contribution in [1.82, 2.24) is 0 Å². The predicted octanol–water partition coefficient (Wildman–Crippen LogP) is 4.79. The molecule has 0 aliphatic carbocycles. The van der Waals surface area contributed by atoms with Crippen LogP contribution < -0.4 is 0 Å². The Morgan fingerprint density at radius 3 is 0.533 bits per heavy atom. The largest absolute Gasteiger partial charge is 0.0656 e. The van der Waals surface area contributed by atoms with Crippen molar-refractivity contribution in [3.8, 4) is 0 Å². The Morgan fingerprint density at radius 1 is 0.400 bits per heavy atom. The minimum atomic E-state index is 1.25. The third kappa shape index (κ3) is 12.4. The van der Waals surface area contributed by atoms with Crippen LogP contribution in [0.3, 0.4) is 0 Å². The molecule has 0 atom stereocenters. The summed E-state index contributed by atoms with van der Waals surface area (Å²) in [7, 11) is 0. The maximum absolute atomic E-state index is 2.12. The molecule has 0 fully saturated rings. The maximum Gasteiger partial charge on any atom is -0.0590 e. The fourth-order valence-corrected chi connectivity index (χ4v) is 0.770. The van der Waals surface area contributed by atoms with E-state index in [0.29, 0.717) is 0 Å². The van der Waals surface area contributed by atoms with Gasteiger partial charge in [-0.15, -0.1) is 0 Å². The van der Waals surface area contributed by atoms with Crippen LogP contribution in [0.15, 0.2) is 72.8 Å². The average molecular weight is 200 g/mol. The molecule has 0 aliphatic heterocycles. The van der Waals surface area contributed by atoms with Crippen molar-refractivity contribution in [3.05, 3.63) is 72.8 Å². The quantitative estimate of drug-likeness (QED) is 0.573. The van der Waals surface area contributed by atoms with Crippen molar-refractivity contribution in [2.24, 2.45) is 0 Å². The Kier molecular flexibility index (Phi) is 11.1. The van der Waals surface area contributed by atoms with Crippen LogP contribution in [0.25, 0.3) is 0 Å². The summed E-state index contributed by atoms with van der Waals surface area (Å²) in [5.41, 5.74) is 0. The van der Waals surface area contributed by atoms with Crippen molar-refractivity contribution in [2.45, 2.75) is 20.3 Å². The van der Waals surface area contributed by atoms with E-state index in [1.807, 2.05) is 72.8 Å². The molecule has 2 rings (SSSR count). The Labute approximate surface area is 93.6 Å². The van der Waals surface area contributed by atoms with Crippen molar-refractivity contribution in [3.63, 3.8) is 0 Å². The molecule has 15 heavy (non-hydrogen) atoms. The van der Waals surface area contributed by atoms with Gasteiger partial charge in [0, 0.05) is 0 Å². The highest BCUT2D eigenvalue weighted by molar-refractivity contribution is 4.99. The smallest absolute Gasteiger partial charge is 0.0590 e. The van der Waals surface area contributed by atoms with Crippen LogP contribution in [0.1, 0.15) is 20.3 Å². The van der Waals surface area contributed by atoms with Gasteiger partial charge >= 0.3 is 0 Å². The molecule has 0 heterocycles. The summed E-state index contributed by atoms with van der Waals surface area (Å²) in [5.74, 6) is 0. The van der Waals surface area contributed by atoms with Gasteiger partial charge in [-0.25, -0.2) is 0 Å². The van der Waals surface area contributed by atoms with Crippen LogP contribution >= 0.6 is 0 Å². The fourth-order valence-electron chi connectivity index (χ4n) is 0.770. The Bertz CT molecular complexity index is 188. The molecule has 0 bridgehead atoms. The van der Waals surface area contributed by atoms with Gasteiger partial charge in [-0.2, -0.15) is 0 Å².